The van der Waals surface area contributed by atoms with Gasteiger partial charge in [0.25, 0.3) is 0 Å². The Morgan fingerprint density at radius 1 is 0.900 bits per heavy atom. The normalized spacial score (nSPS) is 15.1. The highest BCUT2D eigenvalue weighted by atomic mass is 16.2. The minimum Gasteiger partial charge on any atom is -0.318 e. The lowest BCUT2D eigenvalue weighted by Crippen LogP contribution is -2.37. The molecule has 0 fully saturated rings. The van der Waals surface area contributed by atoms with Crippen LogP contribution in [0.15, 0.2) is 97.2 Å². The number of nitrogens with zero attached hydrogens (tertiary/aromatic N) is 2. The minimum atomic E-state index is -0.198. The number of para-hydroxylation sites is 2. The van der Waals surface area contributed by atoms with Crippen molar-refractivity contribution in [3.05, 3.63) is 120 Å². The van der Waals surface area contributed by atoms with E-state index in [-0.39, 0.29) is 12.1 Å². The summed E-state index contributed by atoms with van der Waals surface area (Å²) in [7, 11) is 0. The third-order valence-electron chi connectivity index (χ3n) is 5.61. The zero-order valence-corrected chi connectivity index (χ0v) is 16.8. The summed E-state index contributed by atoms with van der Waals surface area (Å²) in [6.07, 6.45) is 2.08. The molecule has 0 radical (unpaired) electrons. The molecular formula is C26H23N3O. The van der Waals surface area contributed by atoms with Crippen LogP contribution in [0.25, 0.3) is 5.69 Å². The van der Waals surface area contributed by atoms with Gasteiger partial charge in [-0.3, -0.25) is 0 Å². The SMILES string of the molecule is Cc1cccc([C@H]2c3cccn3-c3ccccc3CN2C(=O)Nc2ccccc2)c1. The maximum atomic E-state index is 13.5. The molecule has 4 aromatic rings. The third-order valence-corrected chi connectivity index (χ3v) is 5.61. The second kappa shape index (κ2) is 7.56. The molecule has 1 N–H and O–H groups in total. The summed E-state index contributed by atoms with van der Waals surface area (Å²) < 4.78 is 2.21. The van der Waals surface area contributed by atoms with Crippen molar-refractivity contribution >= 4 is 11.7 Å². The summed E-state index contributed by atoms with van der Waals surface area (Å²) in [6.45, 7) is 2.61. The van der Waals surface area contributed by atoms with Crippen LogP contribution >= 0.6 is 0 Å². The van der Waals surface area contributed by atoms with Crippen LogP contribution in [0.3, 0.4) is 0 Å². The number of carbonyl (C=O) groups excluding carboxylic acids is 1. The molecule has 5 rings (SSSR count). The Kier molecular flexibility index (Phi) is 4.60. The standard InChI is InChI=1S/C26H23N3O/c1-19-9-7-11-20(17-19)25-24-15-8-16-28(24)23-14-6-5-10-21(23)18-29(25)26(30)27-22-12-3-2-4-13-22/h2-17,25H,18H2,1H3,(H,27,30)/t25-/m0/s1. The van der Waals surface area contributed by atoms with Crippen molar-refractivity contribution < 1.29 is 4.79 Å². The highest BCUT2D eigenvalue weighted by Crippen LogP contribution is 2.37. The Balaban J connectivity index is 1.65. The molecule has 1 aliphatic rings. The number of benzene rings is 3. The topological polar surface area (TPSA) is 37.3 Å². The average Bonchev–Trinajstić information content (AvgIpc) is 3.18. The second-order valence-electron chi connectivity index (χ2n) is 7.67. The van der Waals surface area contributed by atoms with Gasteiger partial charge in [0.2, 0.25) is 0 Å². The Morgan fingerprint density at radius 2 is 1.70 bits per heavy atom. The van der Waals surface area contributed by atoms with E-state index in [9.17, 15) is 4.79 Å². The predicted octanol–water partition coefficient (Wildman–Crippen LogP) is 5.92. The molecule has 0 bridgehead atoms. The summed E-state index contributed by atoms with van der Waals surface area (Å²) in [6, 6.07) is 30.2. The first-order valence-corrected chi connectivity index (χ1v) is 10.2. The van der Waals surface area contributed by atoms with E-state index in [2.05, 4.69) is 65.5 Å². The second-order valence-corrected chi connectivity index (χ2v) is 7.67. The van der Waals surface area contributed by atoms with Gasteiger partial charge < -0.3 is 14.8 Å². The van der Waals surface area contributed by atoms with Gasteiger partial charge in [0.1, 0.15) is 0 Å². The van der Waals surface area contributed by atoms with Crippen molar-refractivity contribution in [1.29, 1.82) is 0 Å². The van der Waals surface area contributed by atoms with Crippen molar-refractivity contribution in [1.82, 2.24) is 9.47 Å². The molecule has 2 amide bonds. The number of hydrogen-bond donors (Lipinski definition) is 1. The highest BCUT2D eigenvalue weighted by molar-refractivity contribution is 5.90. The Hall–Kier alpha value is -3.79. The van der Waals surface area contributed by atoms with E-state index in [1.807, 2.05) is 53.4 Å². The molecule has 0 saturated heterocycles. The zero-order valence-electron chi connectivity index (χ0n) is 16.8. The van der Waals surface area contributed by atoms with Gasteiger partial charge in [0.05, 0.1) is 18.3 Å². The number of urea groups is 1. The first-order valence-electron chi connectivity index (χ1n) is 10.2. The maximum absolute atomic E-state index is 13.5. The van der Waals surface area contributed by atoms with Crippen LogP contribution < -0.4 is 5.32 Å². The molecule has 1 atom stereocenters. The number of rotatable bonds is 2. The lowest BCUT2D eigenvalue weighted by atomic mass is 10.00. The number of anilines is 1. The van der Waals surface area contributed by atoms with Crippen molar-refractivity contribution in [2.45, 2.75) is 19.5 Å². The van der Waals surface area contributed by atoms with Gasteiger partial charge in [-0.2, -0.15) is 0 Å². The number of fused-ring (bicyclic) bond motifs is 3. The van der Waals surface area contributed by atoms with E-state index in [0.29, 0.717) is 6.54 Å². The highest BCUT2D eigenvalue weighted by Gasteiger charge is 2.33. The molecule has 0 saturated carbocycles. The van der Waals surface area contributed by atoms with E-state index in [0.717, 1.165) is 28.2 Å². The summed E-state index contributed by atoms with van der Waals surface area (Å²) in [5.41, 5.74) is 6.38. The Morgan fingerprint density at radius 3 is 2.53 bits per heavy atom. The van der Waals surface area contributed by atoms with Crippen LogP contribution in [-0.4, -0.2) is 15.5 Å². The lowest BCUT2D eigenvalue weighted by molar-refractivity contribution is 0.194. The Bertz CT molecular complexity index is 1200. The molecule has 3 aromatic carbocycles. The summed E-state index contributed by atoms with van der Waals surface area (Å²) in [5, 5.41) is 3.09. The van der Waals surface area contributed by atoms with Crippen molar-refractivity contribution in [2.24, 2.45) is 0 Å². The van der Waals surface area contributed by atoms with Crippen molar-refractivity contribution in [3.8, 4) is 5.69 Å². The van der Waals surface area contributed by atoms with Gasteiger partial charge in [-0.25, -0.2) is 4.79 Å². The zero-order chi connectivity index (χ0) is 20.5. The smallest absolute Gasteiger partial charge is 0.318 e. The van der Waals surface area contributed by atoms with Gasteiger partial charge in [-0.05, 0) is 48.4 Å². The van der Waals surface area contributed by atoms with Crippen LogP contribution in [0.1, 0.15) is 28.4 Å². The Labute approximate surface area is 176 Å². The van der Waals surface area contributed by atoms with Gasteiger partial charge in [0, 0.05) is 17.6 Å². The number of amides is 2. The molecule has 2 heterocycles. The predicted molar refractivity (Wildman–Crippen MR) is 120 cm³/mol. The van der Waals surface area contributed by atoms with E-state index in [4.69, 9.17) is 0 Å². The molecule has 0 unspecified atom stereocenters. The summed E-state index contributed by atoms with van der Waals surface area (Å²) >= 11 is 0. The van der Waals surface area contributed by atoms with Crippen molar-refractivity contribution in [2.75, 3.05) is 5.32 Å². The van der Waals surface area contributed by atoms with Crippen LogP contribution in [0.2, 0.25) is 0 Å². The van der Waals surface area contributed by atoms with Crippen LogP contribution in [0, 0.1) is 6.92 Å². The van der Waals surface area contributed by atoms with E-state index in [1.54, 1.807) is 0 Å². The molecule has 30 heavy (non-hydrogen) atoms. The van der Waals surface area contributed by atoms with Crippen LogP contribution in [0.4, 0.5) is 10.5 Å². The summed E-state index contributed by atoms with van der Waals surface area (Å²) in [5.74, 6) is 0. The van der Waals surface area contributed by atoms with Gasteiger partial charge >= 0.3 is 6.03 Å². The molecule has 4 nitrogen and oxygen atoms in total. The van der Waals surface area contributed by atoms with Crippen LogP contribution in [-0.2, 0) is 6.54 Å². The molecule has 0 aliphatic carbocycles. The fourth-order valence-electron chi connectivity index (χ4n) is 4.25. The fraction of sp³-hybridized carbons (Fsp3) is 0.115. The van der Waals surface area contributed by atoms with Gasteiger partial charge in [0.15, 0.2) is 0 Å². The van der Waals surface area contributed by atoms with E-state index >= 15 is 0 Å². The largest absolute Gasteiger partial charge is 0.322 e. The summed E-state index contributed by atoms with van der Waals surface area (Å²) in [4.78, 5) is 15.5. The average molecular weight is 393 g/mol. The number of carbonyl (C=O) groups is 1. The molecule has 4 heteroatoms. The van der Waals surface area contributed by atoms with Gasteiger partial charge in [-0.1, -0.05) is 66.2 Å². The van der Waals surface area contributed by atoms with Gasteiger partial charge in [-0.15, -0.1) is 0 Å². The number of aryl methyl sites for hydroxylation is 1. The third kappa shape index (κ3) is 3.26. The number of hydrogen-bond acceptors (Lipinski definition) is 1. The number of aromatic nitrogens is 1. The quantitative estimate of drug-likeness (QED) is 0.451. The monoisotopic (exact) mass is 393 g/mol. The molecule has 1 aliphatic heterocycles. The molecule has 148 valence electrons. The maximum Gasteiger partial charge on any atom is 0.322 e. The minimum absolute atomic E-state index is 0.114. The first-order chi connectivity index (χ1) is 14.7. The fourth-order valence-corrected chi connectivity index (χ4v) is 4.25. The lowest BCUT2D eigenvalue weighted by Gasteiger charge is -2.31. The molecule has 0 spiro atoms. The molecular weight excluding hydrogens is 370 g/mol. The first kappa shape index (κ1) is 18.3. The van der Waals surface area contributed by atoms with E-state index in [1.165, 1.54) is 5.56 Å². The number of nitrogens with one attached hydrogen (secondary N) is 1. The van der Waals surface area contributed by atoms with E-state index < -0.39 is 0 Å². The molecule has 1 aromatic heterocycles. The van der Waals surface area contributed by atoms with Crippen LogP contribution in [0.5, 0.6) is 0 Å². The van der Waals surface area contributed by atoms with Crippen molar-refractivity contribution in [3.63, 3.8) is 0 Å².